The van der Waals surface area contributed by atoms with Gasteiger partial charge in [0.15, 0.2) is 0 Å². The molecule has 1 aromatic heterocycles. The Labute approximate surface area is 93.7 Å². The molecule has 0 saturated carbocycles. The van der Waals surface area contributed by atoms with Crippen molar-refractivity contribution in [1.29, 1.82) is 0 Å². The summed E-state index contributed by atoms with van der Waals surface area (Å²) < 4.78 is 4.73. The average Bonchev–Trinajstić information content (AvgIpc) is 2.27. The van der Waals surface area contributed by atoms with E-state index in [0.29, 0.717) is 0 Å². The molecule has 0 aliphatic heterocycles. The van der Waals surface area contributed by atoms with E-state index in [2.05, 4.69) is 15.3 Å². The zero-order chi connectivity index (χ0) is 12.0. The van der Waals surface area contributed by atoms with Crippen LogP contribution in [-0.4, -0.2) is 47.3 Å². The summed E-state index contributed by atoms with van der Waals surface area (Å²) in [5.74, 6) is -0.359. The quantitative estimate of drug-likeness (QED) is 0.707. The molecule has 1 rings (SSSR count). The largest absolute Gasteiger partial charge is 0.389 e. The van der Waals surface area contributed by atoms with Gasteiger partial charge in [0.1, 0.15) is 5.69 Å². The SMILES string of the molecule is COCC(O)CNC(=O)c1cnc(C)cn1. The van der Waals surface area contributed by atoms with Gasteiger partial charge in [0.2, 0.25) is 0 Å². The normalized spacial score (nSPS) is 12.2. The van der Waals surface area contributed by atoms with Crippen LogP contribution in [0.15, 0.2) is 12.4 Å². The Morgan fingerprint density at radius 1 is 1.56 bits per heavy atom. The van der Waals surface area contributed by atoms with Gasteiger partial charge in [-0.3, -0.25) is 9.78 Å². The highest BCUT2D eigenvalue weighted by molar-refractivity contribution is 5.91. The van der Waals surface area contributed by atoms with E-state index in [9.17, 15) is 9.90 Å². The van der Waals surface area contributed by atoms with Crippen LogP contribution in [0, 0.1) is 6.92 Å². The number of amides is 1. The first kappa shape index (κ1) is 12.5. The van der Waals surface area contributed by atoms with Gasteiger partial charge >= 0.3 is 0 Å². The molecular weight excluding hydrogens is 210 g/mol. The number of aliphatic hydroxyl groups excluding tert-OH is 1. The van der Waals surface area contributed by atoms with Gasteiger partial charge in [-0.25, -0.2) is 4.98 Å². The number of hydrogen-bond donors (Lipinski definition) is 2. The number of ether oxygens (including phenoxy) is 1. The van der Waals surface area contributed by atoms with E-state index >= 15 is 0 Å². The van der Waals surface area contributed by atoms with Gasteiger partial charge in [-0.15, -0.1) is 0 Å². The van der Waals surface area contributed by atoms with Crippen molar-refractivity contribution in [2.75, 3.05) is 20.3 Å². The maximum Gasteiger partial charge on any atom is 0.271 e. The van der Waals surface area contributed by atoms with E-state index < -0.39 is 6.10 Å². The molecule has 16 heavy (non-hydrogen) atoms. The van der Waals surface area contributed by atoms with Crippen LogP contribution in [0.3, 0.4) is 0 Å². The molecule has 0 aliphatic rings. The molecule has 2 N–H and O–H groups in total. The van der Waals surface area contributed by atoms with Gasteiger partial charge in [-0.2, -0.15) is 0 Å². The Morgan fingerprint density at radius 2 is 2.31 bits per heavy atom. The van der Waals surface area contributed by atoms with Crippen molar-refractivity contribution in [3.05, 3.63) is 23.8 Å². The molecule has 1 amide bonds. The Morgan fingerprint density at radius 3 is 2.88 bits per heavy atom. The molecule has 0 aromatic carbocycles. The molecule has 1 aromatic rings. The van der Waals surface area contributed by atoms with Crippen LogP contribution in [0.4, 0.5) is 0 Å². The number of carbonyl (C=O) groups is 1. The van der Waals surface area contributed by atoms with Gasteiger partial charge in [-0.1, -0.05) is 0 Å². The summed E-state index contributed by atoms with van der Waals surface area (Å²) in [6, 6.07) is 0. The van der Waals surface area contributed by atoms with Crippen LogP contribution in [0.1, 0.15) is 16.2 Å². The summed E-state index contributed by atoms with van der Waals surface area (Å²) in [5, 5.41) is 11.8. The second-order valence-electron chi connectivity index (χ2n) is 3.36. The van der Waals surface area contributed by atoms with E-state index in [1.807, 2.05) is 0 Å². The minimum absolute atomic E-state index is 0.127. The molecule has 6 heteroatoms. The molecule has 1 unspecified atom stereocenters. The van der Waals surface area contributed by atoms with Crippen LogP contribution in [0.25, 0.3) is 0 Å². The van der Waals surface area contributed by atoms with Crippen LogP contribution >= 0.6 is 0 Å². The first-order valence-corrected chi connectivity index (χ1v) is 4.87. The second-order valence-corrected chi connectivity index (χ2v) is 3.36. The smallest absolute Gasteiger partial charge is 0.271 e. The van der Waals surface area contributed by atoms with Gasteiger partial charge in [0, 0.05) is 19.9 Å². The molecule has 0 bridgehead atoms. The number of carbonyl (C=O) groups excluding carboxylic acids is 1. The third-order valence-electron chi connectivity index (χ3n) is 1.87. The third-order valence-corrected chi connectivity index (χ3v) is 1.87. The van der Waals surface area contributed by atoms with Gasteiger partial charge in [0.25, 0.3) is 5.91 Å². The lowest BCUT2D eigenvalue weighted by molar-refractivity contribution is 0.0608. The first-order valence-electron chi connectivity index (χ1n) is 4.87. The number of aryl methyl sites for hydroxylation is 1. The van der Waals surface area contributed by atoms with Crippen molar-refractivity contribution in [2.24, 2.45) is 0 Å². The number of hydrogen-bond acceptors (Lipinski definition) is 5. The van der Waals surface area contributed by atoms with Crippen LogP contribution in [-0.2, 0) is 4.74 Å². The number of nitrogens with one attached hydrogen (secondary N) is 1. The van der Waals surface area contributed by atoms with Gasteiger partial charge in [0.05, 0.1) is 24.6 Å². The number of aromatic nitrogens is 2. The van der Waals surface area contributed by atoms with Crippen LogP contribution in [0.2, 0.25) is 0 Å². The van der Waals surface area contributed by atoms with Crippen molar-refractivity contribution in [3.8, 4) is 0 Å². The number of methoxy groups -OCH3 is 1. The zero-order valence-electron chi connectivity index (χ0n) is 9.30. The lowest BCUT2D eigenvalue weighted by atomic mass is 10.3. The molecule has 88 valence electrons. The van der Waals surface area contributed by atoms with Crippen molar-refractivity contribution in [2.45, 2.75) is 13.0 Å². The lowest BCUT2D eigenvalue weighted by Gasteiger charge is -2.10. The van der Waals surface area contributed by atoms with Crippen molar-refractivity contribution in [1.82, 2.24) is 15.3 Å². The van der Waals surface area contributed by atoms with E-state index in [-0.39, 0.29) is 24.8 Å². The van der Waals surface area contributed by atoms with Crippen LogP contribution < -0.4 is 5.32 Å². The minimum atomic E-state index is -0.715. The number of rotatable bonds is 5. The third kappa shape index (κ3) is 3.92. The monoisotopic (exact) mass is 225 g/mol. The van der Waals surface area contributed by atoms with E-state index in [0.717, 1.165) is 5.69 Å². The summed E-state index contributed by atoms with van der Waals surface area (Å²) in [4.78, 5) is 19.4. The summed E-state index contributed by atoms with van der Waals surface area (Å²) >= 11 is 0. The minimum Gasteiger partial charge on any atom is -0.389 e. The molecule has 1 heterocycles. The predicted octanol–water partition coefficient (Wildman–Crippen LogP) is -0.478. The van der Waals surface area contributed by atoms with Gasteiger partial charge < -0.3 is 15.2 Å². The Bertz CT molecular complexity index is 340. The summed E-state index contributed by atoms with van der Waals surface area (Å²) in [7, 11) is 1.48. The molecule has 0 radical (unpaired) electrons. The molecule has 6 nitrogen and oxygen atoms in total. The average molecular weight is 225 g/mol. The highest BCUT2D eigenvalue weighted by atomic mass is 16.5. The predicted molar refractivity (Wildman–Crippen MR) is 57.0 cm³/mol. The molecule has 0 aliphatic carbocycles. The maximum atomic E-state index is 11.5. The topological polar surface area (TPSA) is 84.3 Å². The maximum absolute atomic E-state index is 11.5. The fourth-order valence-corrected chi connectivity index (χ4v) is 1.06. The summed E-state index contributed by atoms with van der Waals surface area (Å²) in [6.45, 7) is 2.10. The Hall–Kier alpha value is -1.53. The first-order chi connectivity index (χ1) is 7.63. The van der Waals surface area contributed by atoms with E-state index in [1.165, 1.54) is 19.5 Å². The molecule has 0 fully saturated rings. The molecule has 1 atom stereocenters. The summed E-state index contributed by atoms with van der Waals surface area (Å²) in [5.41, 5.74) is 0.978. The lowest BCUT2D eigenvalue weighted by Crippen LogP contribution is -2.34. The van der Waals surface area contributed by atoms with Crippen molar-refractivity contribution in [3.63, 3.8) is 0 Å². The highest BCUT2D eigenvalue weighted by Crippen LogP contribution is 1.94. The summed E-state index contributed by atoms with van der Waals surface area (Å²) in [6.07, 6.45) is 2.20. The van der Waals surface area contributed by atoms with Crippen molar-refractivity contribution >= 4 is 5.91 Å². The molecule has 0 saturated heterocycles. The van der Waals surface area contributed by atoms with Crippen molar-refractivity contribution < 1.29 is 14.6 Å². The van der Waals surface area contributed by atoms with Crippen LogP contribution in [0.5, 0.6) is 0 Å². The Balaban J connectivity index is 2.43. The van der Waals surface area contributed by atoms with E-state index in [4.69, 9.17) is 4.74 Å². The fourth-order valence-electron chi connectivity index (χ4n) is 1.06. The molecule has 0 spiro atoms. The highest BCUT2D eigenvalue weighted by Gasteiger charge is 2.09. The standard InChI is InChI=1S/C10H15N3O3/c1-7-3-12-9(5-11-7)10(15)13-4-8(14)6-16-2/h3,5,8,14H,4,6H2,1-2H3,(H,13,15). The zero-order valence-corrected chi connectivity index (χ0v) is 9.30. The number of nitrogens with zero attached hydrogens (tertiary/aromatic N) is 2. The Kier molecular flexibility index (Phi) is 4.81. The molecular formula is C10H15N3O3. The van der Waals surface area contributed by atoms with Gasteiger partial charge in [-0.05, 0) is 6.92 Å². The second kappa shape index (κ2) is 6.14. The van der Waals surface area contributed by atoms with E-state index in [1.54, 1.807) is 6.92 Å². The number of aliphatic hydroxyl groups is 1. The fraction of sp³-hybridized carbons (Fsp3) is 0.500.